The molecule has 0 aliphatic rings. The smallest absolute Gasteiger partial charge is 0.247 e. The first kappa shape index (κ1) is 13.3. The maximum atomic E-state index is 5.41. The molecule has 3 heteroatoms. The van der Waals surface area contributed by atoms with E-state index >= 15 is 0 Å². The van der Waals surface area contributed by atoms with Crippen LogP contribution in [0.3, 0.4) is 0 Å². The van der Waals surface area contributed by atoms with E-state index in [0.29, 0.717) is 11.8 Å². The zero-order valence-corrected chi connectivity index (χ0v) is 12.1. The number of rotatable bonds is 3. The highest BCUT2D eigenvalue weighted by atomic mass is 16.4. The molecule has 0 saturated heterocycles. The van der Waals surface area contributed by atoms with Crippen molar-refractivity contribution >= 4 is 12.2 Å². The molecule has 3 rings (SSSR count). The summed E-state index contributed by atoms with van der Waals surface area (Å²) in [6.07, 6.45) is 4.19. The van der Waals surface area contributed by atoms with Crippen LogP contribution < -0.4 is 0 Å². The van der Waals surface area contributed by atoms with Gasteiger partial charge in [0.1, 0.15) is 0 Å². The van der Waals surface area contributed by atoms with Gasteiger partial charge >= 0.3 is 0 Å². The zero-order chi connectivity index (χ0) is 14.7. The van der Waals surface area contributed by atoms with Crippen LogP contribution in [0.15, 0.2) is 52.9 Å². The monoisotopic (exact) mass is 276 g/mol. The SMILES string of the molecule is Cc1ccc(/C=C/c2ccc(-c3nnc(C)o3)cc2)cc1. The van der Waals surface area contributed by atoms with Gasteiger partial charge in [-0.05, 0) is 30.2 Å². The lowest BCUT2D eigenvalue weighted by molar-refractivity contribution is 0.533. The Labute approximate surface area is 124 Å². The van der Waals surface area contributed by atoms with Crippen molar-refractivity contribution < 1.29 is 4.42 Å². The van der Waals surface area contributed by atoms with Gasteiger partial charge in [-0.3, -0.25) is 0 Å². The van der Waals surface area contributed by atoms with E-state index in [1.54, 1.807) is 6.92 Å². The molecule has 1 heterocycles. The molecular formula is C18H16N2O. The van der Waals surface area contributed by atoms with Crippen LogP contribution in [0.5, 0.6) is 0 Å². The first-order valence-corrected chi connectivity index (χ1v) is 6.86. The van der Waals surface area contributed by atoms with Crippen LogP contribution in [0.1, 0.15) is 22.6 Å². The van der Waals surface area contributed by atoms with Crippen molar-refractivity contribution in [2.75, 3.05) is 0 Å². The predicted octanol–water partition coefficient (Wildman–Crippen LogP) is 4.52. The molecule has 0 atom stereocenters. The summed E-state index contributed by atoms with van der Waals surface area (Å²) in [7, 11) is 0. The lowest BCUT2D eigenvalue weighted by atomic mass is 10.1. The molecule has 0 aliphatic carbocycles. The summed E-state index contributed by atoms with van der Waals surface area (Å²) in [6, 6.07) is 16.5. The lowest BCUT2D eigenvalue weighted by Crippen LogP contribution is -1.79. The summed E-state index contributed by atoms with van der Waals surface area (Å²) in [5.41, 5.74) is 4.53. The molecule has 0 unspecified atom stereocenters. The molecule has 21 heavy (non-hydrogen) atoms. The van der Waals surface area contributed by atoms with E-state index in [0.717, 1.165) is 11.1 Å². The molecule has 3 nitrogen and oxygen atoms in total. The van der Waals surface area contributed by atoms with Gasteiger partial charge < -0.3 is 4.42 Å². The summed E-state index contributed by atoms with van der Waals surface area (Å²) in [5.74, 6) is 1.13. The molecular weight excluding hydrogens is 260 g/mol. The molecule has 0 aliphatic heterocycles. The van der Waals surface area contributed by atoms with Gasteiger partial charge in [0, 0.05) is 12.5 Å². The Bertz CT molecular complexity index is 753. The Morgan fingerprint density at radius 1 is 0.762 bits per heavy atom. The van der Waals surface area contributed by atoms with Gasteiger partial charge in [-0.2, -0.15) is 0 Å². The highest BCUT2D eigenvalue weighted by Gasteiger charge is 2.04. The van der Waals surface area contributed by atoms with E-state index in [-0.39, 0.29) is 0 Å². The van der Waals surface area contributed by atoms with Crippen molar-refractivity contribution in [3.63, 3.8) is 0 Å². The second-order valence-corrected chi connectivity index (χ2v) is 4.99. The Morgan fingerprint density at radius 2 is 1.33 bits per heavy atom. The fourth-order valence-corrected chi connectivity index (χ4v) is 2.02. The third kappa shape index (κ3) is 3.26. The number of aromatic nitrogens is 2. The van der Waals surface area contributed by atoms with E-state index < -0.39 is 0 Å². The molecule has 3 aromatic rings. The van der Waals surface area contributed by atoms with Crippen LogP contribution in [0.4, 0.5) is 0 Å². The summed E-state index contributed by atoms with van der Waals surface area (Å²) in [4.78, 5) is 0. The molecule has 0 fully saturated rings. The summed E-state index contributed by atoms with van der Waals surface area (Å²) < 4.78 is 5.41. The fraction of sp³-hybridized carbons (Fsp3) is 0.111. The van der Waals surface area contributed by atoms with Crippen molar-refractivity contribution in [2.24, 2.45) is 0 Å². The second-order valence-electron chi connectivity index (χ2n) is 4.99. The average Bonchev–Trinajstić information content (AvgIpc) is 2.94. The molecule has 0 amide bonds. The maximum absolute atomic E-state index is 5.41. The minimum Gasteiger partial charge on any atom is -0.421 e. The second kappa shape index (κ2) is 5.75. The fourth-order valence-electron chi connectivity index (χ4n) is 2.02. The number of nitrogens with zero attached hydrogens (tertiary/aromatic N) is 2. The van der Waals surface area contributed by atoms with Gasteiger partial charge in [0.25, 0.3) is 0 Å². The van der Waals surface area contributed by atoms with Gasteiger partial charge in [-0.1, -0.05) is 54.1 Å². The predicted molar refractivity (Wildman–Crippen MR) is 84.6 cm³/mol. The number of aryl methyl sites for hydroxylation is 2. The summed E-state index contributed by atoms with van der Waals surface area (Å²) in [5, 5.41) is 7.85. The molecule has 0 spiro atoms. The van der Waals surface area contributed by atoms with E-state index in [1.165, 1.54) is 11.1 Å². The molecule has 104 valence electrons. The first-order chi connectivity index (χ1) is 10.2. The quantitative estimate of drug-likeness (QED) is 0.660. The van der Waals surface area contributed by atoms with Crippen LogP contribution >= 0.6 is 0 Å². The first-order valence-electron chi connectivity index (χ1n) is 6.86. The standard InChI is InChI=1S/C18H16N2O/c1-13-3-5-15(6-4-13)7-8-16-9-11-17(12-10-16)18-20-19-14(2)21-18/h3-12H,1-2H3/b8-7+. The molecule has 1 aromatic heterocycles. The highest BCUT2D eigenvalue weighted by Crippen LogP contribution is 2.19. The van der Waals surface area contributed by atoms with Crippen molar-refractivity contribution in [2.45, 2.75) is 13.8 Å². The van der Waals surface area contributed by atoms with Crippen LogP contribution in [0, 0.1) is 13.8 Å². The maximum Gasteiger partial charge on any atom is 0.247 e. The van der Waals surface area contributed by atoms with Crippen molar-refractivity contribution in [1.82, 2.24) is 10.2 Å². The molecule has 0 radical (unpaired) electrons. The van der Waals surface area contributed by atoms with Crippen LogP contribution in [0.25, 0.3) is 23.6 Å². The Morgan fingerprint density at radius 3 is 1.86 bits per heavy atom. The number of hydrogen-bond acceptors (Lipinski definition) is 3. The van der Waals surface area contributed by atoms with Gasteiger partial charge in [-0.15, -0.1) is 10.2 Å². The lowest BCUT2D eigenvalue weighted by Gasteiger charge is -1.98. The van der Waals surface area contributed by atoms with E-state index in [4.69, 9.17) is 4.42 Å². The third-order valence-corrected chi connectivity index (χ3v) is 3.23. The van der Waals surface area contributed by atoms with Crippen LogP contribution in [0.2, 0.25) is 0 Å². The summed E-state index contributed by atoms with van der Waals surface area (Å²) >= 11 is 0. The highest BCUT2D eigenvalue weighted by molar-refractivity contribution is 5.70. The molecule has 0 bridgehead atoms. The van der Waals surface area contributed by atoms with E-state index in [9.17, 15) is 0 Å². The topological polar surface area (TPSA) is 38.9 Å². The van der Waals surface area contributed by atoms with Gasteiger partial charge in [0.2, 0.25) is 11.8 Å². The Kier molecular flexibility index (Phi) is 3.65. The molecule has 2 aromatic carbocycles. The third-order valence-electron chi connectivity index (χ3n) is 3.23. The van der Waals surface area contributed by atoms with E-state index in [2.05, 4.69) is 53.5 Å². The van der Waals surface area contributed by atoms with Crippen molar-refractivity contribution in [3.8, 4) is 11.5 Å². The Hall–Kier alpha value is -2.68. The van der Waals surface area contributed by atoms with Crippen LogP contribution in [-0.2, 0) is 0 Å². The van der Waals surface area contributed by atoms with Crippen LogP contribution in [-0.4, -0.2) is 10.2 Å². The molecule has 0 saturated carbocycles. The van der Waals surface area contributed by atoms with Crippen molar-refractivity contribution in [1.29, 1.82) is 0 Å². The summed E-state index contributed by atoms with van der Waals surface area (Å²) in [6.45, 7) is 3.88. The molecule has 0 N–H and O–H groups in total. The normalized spacial score (nSPS) is 11.1. The van der Waals surface area contributed by atoms with E-state index in [1.807, 2.05) is 24.3 Å². The van der Waals surface area contributed by atoms with Gasteiger partial charge in [-0.25, -0.2) is 0 Å². The van der Waals surface area contributed by atoms with Gasteiger partial charge in [0.15, 0.2) is 0 Å². The average molecular weight is 276 g/mol. The minimum atomic E-state index is 0.557. The van der Waals surface area contributed by atoms with Gasteiger partial charge in [0.05, 0.1) is 0 Å². The number of hydrogen-bond donors (Lipinski definition) is 0. The Balaban J connectivity index is 1.76. The zero-order valence-electron chi connectivity index (χ0n) is 12.1. The largest absolute Gasteiger partial charge is 0.421 e. The van der Waals surface area contributed by atoms with Crippen molar-refractivity contribution in [3.05, 3.63) is 71.1 Å². The minimum absolute atomic E-state index is 0.557. The number of benzene rings is 2.